The summed E-state index contributed by atoms with van der Waals surface area (Å²) in [5.41, 5.74) is 14.2. The van der Waals surface area contributed by atoms with Crippen LogP contribution in [0.3, 0.4) is 0 Å². The number of benzene rings is 6. The Bertz CT molecular complexity index is 4660. The number of aromatic nitrogens is 6. The first-order valence-corrected chi connectivity index (χ1v) is 35.8. The number of fused-ring (bicyclic) bond motifs is 2. The lowest BCUT2D eigenvalue weighted by Crippen LogP contribution is -2.42. The van der Waals surface area contributed by atoms with Gasteiger partial charge in [-0.3, -0.25) is 24.1 Å². The molecule has 0 radical (unpaired) electrons. The molecule has 0 atom stereocenters. The van der Waals surface area contributed by atoms with Gasteiger partial charge in [0.15, 0.2) is 11.3 Å². The van der Waals surface area contributed by atoms with E-state index in [0.717, 1.165) is 131 Å². The minimum atomic E-state index is -0.395. The maximum absolute atomic E-state index is 15.1. The smallest absolute Gasteiger partial charge is 0.251 e. The standard InChI is InChI=1S/C42H49FN8O3.C38H41FN6O4/c1-3-38-35(39(48-33-13-19-54-20-14-33)36-26-47-51(4-2)40(36)49-38)25-46-42(53)32-10-6-9-31(23-32)41(52)45-24-28-11-12-37(43)34(22-28)30-8-5-7-29(21-30)27-50-17-15-44-16-18-50;1-3-34-31(35(43-29-13-15-49-16-14-29)32-22-42-45(4-2)36(32)44-34)21-41-38(48)28-10-6-9-27(19-28)37(47)40-20-24-11-12-33(39)30(18-24)26-8-5-7-25(17-26)23-46/h5-12,21-23,26,33,44H,3-4,13-20,24-25,27H2,1-2H3,(H,45,52)(H,46,53)(H,48,49);5-12,17-19,22,29,46H,3-4,13-16,20-21,23H2,1-2H3,(H,40,47)(H,41,48)(H,43,44). The second-order valence-electron chi connectivity index (χ2n) is 26.1. The average molecular weight is 1400 g/mol. The van der Waals surface area contributed by atoms with Crippen LogP contribution >= 0.6 is 0 Å². The third-order valence-electron chi connectivity index (χ3n) is 19.2. The minimum absolute atomic E-state index is 0.143. The number of nitrogens with zero attached hydrogens (tertiary/aromatic N) is 7. The number of amides is 4. The molecular formula is C80H90F2N14O7. The van der Waals surface area contributed by atoms with E-state index in [2.05, 4.69) is 65.3 Å². The maximum atomic E-state index is 15.1. The van der Waals surface area contributed by atoms with Crippen molar-refractivity contribution in [3.63, 3.8) is 0 Å². The third kappa shape index (κ3) is 17.8. The van der Waals surface area contributed by atoms with Gasteiger partial charge in [-0.2, -0.15) is 10.2 Å². The number of halogens is 2. The summed E-state index contributed by atoms with van der Waals surface area (Å²) in [7, 11) is 0. The number of pyridine rings is 2. The SMILES string of the molecule is CCc1nc2c(cnn2CC)c(NC2CCOCC2)c1CNC(=O)c1cccc(C(=O)NCc2ccc(F)c(-c3cccc(CN4CCNCC4)c3)c2)c1.CCc1nc2c(cnn2CC)c(NC2CCOCC2)c1CNC(=O)c1cccc(C(=O)NCc2ccc(F)c(-c3cccc(CO)c3)c2)c1. The summed E-state index contributed by atoms with van der Waals surface area (Å²) in [5.74, 6) is -2.00. The molecule has 0 saturated carbocycles. The van der Waals surface area contributed by atoms with Gasteiger partial charge in [-0.05, 0) is 159 Å². The van der Waals surface area contributed by atoms with Crippen molar-refractivity contribution < 1.29 is 42.5 Å². The van der Waals surface area contributed by atoms with Gasteiger partial charge in [-0.25, -0.2) is 28.1 Å². The minimum Gasteiger partial charge on any atom is -0.392 e. The molecule has 21 nitrogen and oxygen atoms in total. The molecule has 23 heteroatoms. The first-order valence-electron chi connectivity index (χ1n) is 35.8. The number of hydrogen-bond acceptors (Lipinski definition) is 15. The van der Waals surface area contributed by atoms with Gasteiger partial charge in [0.1, 0.15) is 11.6 Å². The second kappa shape index (κ2) is 34.6. The van der Waals surface area contributed by atoms with Gasteiger partial charge >= 0.3 is 0 Å². The van der Waals surface area contributed by atoms with Crippen LogP contribution in [0.4, 0.5) is 20.2 Å². The predicted octanol–water partition coefficient (Wildman–Crippen LogP) is 11.4. The van der Waals surface area contributed by atoms with E-state index in [1.54, 1.807) is 97.1 Å². The van der Waals surface area contributed by atoms with Crippen molar-refractivity contribution in [2.75, 3.05) is 63.2 Å². The summed E-state index contributed by atoms with van der Waals surface area (Å²) < 4.78 is 44.7. The molecule has 0 bridgehead atoms. The summed E-state index contributed by atoms with van der Waals surface area (Å²) in [5, 5.41) is 43.3. The highest BCUT2D eigenvalue weighted by Crippen LogP contribution is 2.34. The Morgan fingerprint density at radius 2 is 0.913 bits per heavy atom. The molecule has 536 valence electrons. The molecule has 3 saturated heterocycles. The fourth-order valence-electron chi connectivity index (χ4n) is 13.5. The number of carbonyl (C=O) groups is 4. The van der Waals surface area contributed by atoms with E-state index in [-0.39, 0.29) is 74.3 Å². The lowest BCUT2D eigenvalue weighted by atomic mass is 10.00. The number of carbonyl (C=O) groups excluding carboxylic acids is 4. The molecule has 10 aromatic rings. The maximum Gasteiger partial charge on any atom is 0.251 e. The summed E-state index contributed by atoms with van der Waals surface area (Å²) in [4.78, 5) is 65.9. The van der Waals surface area contributed by atoms with Crippen molar-refractivity contribution in [3.8, 4) is 22.3 Å². The number of aliphatic hydroxyl groups excluding tert-OH is 1. The second-order valence-corrected chi connectivity index (χ2v) is 26.1. The lowest BCUT2D eigenvalue weighted by Gasteiger charge is -2.27. The van der Waals surface area contributed by atoms with Crippen LogP contribution in [0.2, 0.25) is 0 Å². The number of aliphatic hydroxyl groups is 1. The first kappa shape index (κ1) is 72.5. The Balaban J connectivity index is 0.000000195. The zero-order valence-corrected chi connectivity index (χ0v) is 58.9. The quantitative estimate of drug-likeness (QED) is 0.0265. The first-order chi connectivity index (χ1) is 50.3. The highest BCUT2D eigenvalue weighted by Gasteiger charge is 2.26. The number of hydrogen-bond donors (Lipinski definition) is 8. The van der Waals surface area contributed by atoms with Crippen molar-refractivity contribution in [2.45, 2.75) is 131 Å². The molecule has 4 amide bonds. The van der Waals surface area contributed by atoms with E-state index in [4.69, 9.17) is 19.4 Å². The van der Waals surface area contributed by atoms with Crippen LogP contribution in [0.25, 0.3) is 44.3 Å². The van der Waals surface area contributed by atoms with Gasteiger partial charge in [0.05, 0.1) is 41.1 Å². The highest BCUT2D eigenvalue weighted by molar-refractivity contribution is 6.01. The van der Waals surface area contributed by atoms with Gasteiger partial charge in [-0.1, -0.05) is 74.5 Å². The molecule has 6 aromatic carbocycles. The van der Waals surface area contributed by atoms with Crippen LogP contribution in [-0.2, 0) is 74.7 Å². The lowest BCUT2D eigenvalue weighted by molar-refractivity contribution is 0.0903. The van der Waals surface area contributed by atoms with E-state index in [0.29, 0.717) is 102 Å². The number of piperazine rings is 1. The van der Waals surface area contributed by atoms with Crippen LogP contribution in [0.5, 0.6) is 0 Å². The Morgan fingerprint density at radius 1 is 0.505 bits per heavy atom. The molecular weight excluding hydrogens is 1310 g/mol. The van der Waals surface area contributed by atoms with E-state index < -0.39 is 5.82 Å². The molecule has 3 aliphatic heterocycles. The van der Waals surface area contributed by atoms with Crippen molar-refractivity contribution in [2.24, 2.45) is 0 Å². The van der Waals surface area contributed by atoms with Crippen molar-refractivity contribution in [3.05, 3.63) is 225 Å². The monoisotopic (exact) mass is 1400 g/mol. The molecule has 13 rings (SSSR count). The van der Waals surface area contributed by atoms with Crippen LogP contribution < -0.4 is 37.2 Å². The number of aryl methyl sites for hydroxylation is 4. The van der Waals surface area contributed by atoms with Crippen LogP contribution in [0.15, 0.2) is 146 Å². The van der Waals surface area contributed by atoms with E-state index in [1.165, 1.54) is 12.1 Å². The Hall–Kier alpha value is -10.3. The fourth-order valence-corrected chi connectivity index (χ4v) is 13.5. The zero-order valence-electron chi connectivity index (χ0n) is 58.9. The highest BCUT2D eigenvalue weighted by atomic mass is 19.1. The summed E-state index contributed by atoms with van der Waals surface area (Å²) >= 11 is 0. The van der Waals surface area contributed by atoms with Gasteiger partial charge in [-0.15, -0.1) is 0 Å². The molecule has 103 heavy (non-hydrogen) atoms. The van der Waals surface area contributed by atoms with Gasteiger partial charge in [0.2, 0.25) is 0 Å². The van der Waals surface area contributed by atoms with Gasteiger partial charge in [0.25, 0.3) is 23.6 Å². The fraction of sp³-hybridized carbons (Fsp3) is 0.350. The zero-order chi connectivity index (χ0) is 71.8. The number of rotatable bonds is 25. The molecule has 3 fully saturated rings. The van der Waals surface area contributed by atoms with Crippen molar-refractivity contribution >= 4 is 57.1 Å². The summed E-state index contributed by atoms with van der Waals surface area (Å²) in [6.45, 7) is 17.8. The van der Waals surface area contributed by atoms with Crippen LogP contribution in [0, 0.1) is 11.6 Å². The molecule has 7 heterocycles. The number of nitrogens with one attached hydrogen (secondary N) is 7. The number of ether oxygens (including phenoxy) is 2. The molecule has 3 aliphatic rings. The molecule has 4 aromatic heterocycles. The van der Waals surface area contributed by atoms with Crippen LogP contribution in [-0.4, -0.2) is 128 Å². The average Bonchev–Trinajstić information content (AvgIpc) is 1.66. The van der Waals surface area contributed by atoms with Crippen molar-refractivity contribution in [1.29, 1.82) is 0 Å². The molecule has 8 N–H and O–H groups in total. The molecule has 0 aliphatic carbocycles. The topological polar surface area (TPSA) is 256 Å². The molecule has 0 spiro atoms. The molecule has 0 unspecified atom stereocenters. The summed E-state index contributed by atoms with van der Waals surface area (Å²) in [6, 6.07) is 38.4. The Kier molecular flexibility index (Phi) is 24.3. The van der Waals surface area contributed by atoms with E-state index in [9.17, 15) is 28.7 Å². The van der Waals surface area contributed by atoms with Crippen molar-refractivity contribution in [1.82, 2.24) is 61.0 Å². The predicted molar refractivity (Wildman–Crippen MR) is 395 cm³/mol. The largest absolute Gasteiger partial charge is 0.392 e. The summed E-state index contributed by atoms with van der Waals surface area (Å²) in [6.07, 6.45) is 8.60. The normalized spacial score (nSPS) is 14.4. The number of anilines is 2. The Morgan fingerprint density at radius 3 is 1.33 bits per heavy atom. The van der Waals surface area contributed by atoms with E-state index in [1.807, 2.05) is 60.7 Å². The van der Waals surface area contributed by atoms with Gasteiger partial charge in [0, 0.05) is 166 Å². The van der Waals surface area contributed by atoms with Crippen LogP contribution in [0.1, 0.15) is 140 Å². The van der Waals surface area contributed by atoms with Gasteiger partial charge < -0.3 is 51.8 Å². The van der Waals surface area contributed by atoms with E-state index >= 15 is 4.39 Å². The third-order valence-corrected chi connectivity index (χ3v) is 19.2. The Labute approximate surface area is 598 Å².